The molecule has 1 unspecified atom stereocenters. The Balaban J connectivity index is 0. The predicted octanol–water partition coefficient (Wildman–Crippen LogP) is -0.137. The summed E-state index contributed by atoms with van der Waals surface area (Å²) >= 11 is 0. The molecule has 4 heteroatoms. The van der Waals surface area contributed by atoms with Gasteiger partial charge in [0.25, 0.3) is 0 Å². The number of aliphatic hydroxyl groups is 2. The Bertz CT molecular complexity index is 114. The predicted molar refractivity (Wildman–Crippen MR) is 37.2 cm³/mol. The van der Waals surface area contributed by atoms with E-state index in [-0.39, 0.29) is 45.7 Å². The van der Waals surface area contributed by atoms with Gasteiger partial charge in [-0.1, -0.05) is 13.8 Å². The molecule has 0 saturated heterocycles. The molecule has 0 heterocycles. The first kappa shape index (κ1) is 14.2. The third-order valence-corrected chi connectivity index (χ3v) is 1.50. The third-order valence-electron chi connectivity index (χ3n) is 1.50. The van der Waals surface area contributed by atoms with Gasteiger partial charge in [-0.3, -0.25) is 6.29 Å². The standard InChI is InChI=1S/C7H13O3.Y/c1-7(2,5-9)6(10)3-4-8;/h6,8,10H,3-4H2,1-2H3;/q-1;. The molecule has 63 valence electrons. The van der Waals surface area contributed by atoms with Gasteiger partial charge in [0.05, 0.1) is 0 Å². The smallest absolute Gasteiger partial charge is 0.0454 e. The minimum absolute atomic E-state index is 0. The van der Waals surface area contributed by atoms with Crippen LogP contribution >= 0.6 is 0 Å². The van der Waals surface area contributed by atoms with E-state index in [0.717, 1.165) is 0 Å². The van der Waals surface area contributed by atoms with Gasteiger partial charge >= 0.3 is 0 Å². The first-order valence-electron chi connectivity index (χ1n) is 3.23. The molecule has 0 aromatic carbocycles. The average Bonchev–Trinajstić information content (AvgIpc) is 1.89. The van der Waals surface area contributed by atoms with Crippen molar-refractivity contribution in [2.24, 2.45) is 5.41 Å². The van der Waals surface area contributed by atoms with Crippen LogP contribution in [0.2, 0.25) is 0 Å². The molecule has 1 radical (unpaired) electrons. The van der Waals surface area contributed by atoms with Crippen molar-refractivity contribution in [3.8, 4) is 0 Å². The van der Waals surface area contributed by atoms with Gasteiger partial charge in [-0.05, 0) is 6.42 Å². The van der Waals surface area contributed by atoms with Crippen molar-refractivity contribution in [2.45, 2.75) is 26.4 Å². The average molecular weight is 234 g/mol. The Kier molecular flexibility index (Phi) is 8.07. The van der Waals surface area contributed by atoms with E-state index in [1.54, 1.807) is 20.1 Å². The van der Waals surface area contributed by atoms with Crippen LogP contribution < -0.4 is 0 Å². The van der Waals surface area contributed by atoms with Crippen molar-refractivity contribution >= 4 is 6.29 Å². The van der Waals surface area contributed by atoms with Crippen molar-refractivity contribution < 1.29 is 47.7 Å². The molecule has 3 nitrogen and oxygen atoms in total. The zero-order valence-electron chi connectivity index (χ0n) is 6.87. The maximum Gasteiger partial charge on any atom is 0.0454 e. The number of hydrogen-bond donors (Lipinski definition) is 2. The van der Waals surface area contributed by atoms with Crippen LogP contribution in [-0.2, 0) is 37.5 Å². The largest absolute Gasteiger partial charge is 0.541 e. The van der Waals surface area contributed by atoms with Crippen LogP contribution in [0.3, 0.4) is 0 Å². The summed E-state index contributed by atoms with van der Waals surface area (Å²) in [5.74, 6) is 0. The van der Waals surface area contributed by atoms with Gasteiger partial charge in [-0.15, -0.1) is 5.41 Å². The zero-order valence-corrected chi connectivity index (χ0v) is 9.71. The molecule has 11 heavy (non-hydrogen) atoms. The van der Waals surface area contributed by atoms with E-state index in [1.807, 2.05) is 0 Å². The Labute approximate surface area is 92.1 Å². The summed E-state index contributed by atoms with van der Waals surface area (Å²) in [5.41, 5.74) is -0.858. The SMILES string of the molecule is CC(C)([C-]=O)C(O)CCO.[Y]. The van der Waals surface area contributed by atoms with Crippen molar-refractivity contribution in [1.29, 1.82) is 0 Å². The van der Waals surface area contributed by atoms with Crippen molar-refractivity contribution in [1.82, 2.24) is 0 Å². The van der Waals surface area contributed by atoms with Crippen LogP contribution in [0, 0.1) is 5.41 Å². The van der Waals surface area contributed by atoms with E-state index < -0.39 is 11.5 Å². The number of aliphatic hydroxyl groups excluding tert-OH is 2. The topological polar surface area (TPSA) is 57.5 Å². The fraction of sp³-hybridized carbons (Fsp3) is 0.857. The van der Waals surface area contributed by atoms with E-state index in [9.17, 15) is 4.79 Å². The molecule has 0 saturated carbocycles. The normalized spacial score (nSPS) is 13.5. The van der Waals surface area contributed by atoms with Crippen LogP contribution in [0.1, 0.15) is 20.3 Å². The molecule has 1 atom stereocenters. The van der Waals surface area contributed by atoms with Gasteiger partial charge in [0, 0.05) is 45.4 Å². The molecule has 0 spiro atoms. The first-order chi connectivity index (χ1) is 4.54. The van der Waals surface area contributed by atoms with E-state index in [0.29, 0.717) is 0 Å². The molecule has 0 rings (SSSR count). The maximum absolute atomic E-state index is 10.2. The summed E-state index contributed by atoms with van der Waals surface area (Å²) in [7, 11) is 0. The monoisotopic (exact) mass is 234 g/mol. The zero-order chi connectivity index (χ0) is 8.20. The number of rotatable bonds is 4. The Morgan fingerprint density at radius 2 is 2.00 bits per heavy atom. The summed E-state index contributed by atoms with van der Waals surface area (Å²) < 4.78 is 0. The fourth-order valence-electron chi connectivity index (χ4n) is 0.551. The second-order valence-corrected chi connectivity index (χ2v) is 2.85. The molecular weight excluding hydrogens is 221 g/mol. The molecule has 0 aliphatic carbocycles. The Morgan fingerprint density at radius 1 is 1.55 bits per heavy atom. The van der Waals surface area contributed by atoms with Gasteiger partial charge in [0.15, 0.2) is 0 Å². The second-order valence-electron chi connectivity index (χ2n) is 2.85. The van der Waals surface area contributed by atoms with Crippen molar-refractivity contribution in [3.05, 3.63) is 0 Å². The molecule has 0 aromatic rings. The van der Waals surface area contributed by atoms with E-state index in [4.69, 9.17) is 10.2 Å². The third kappa shape index (κ3) is 5.02. The molecule has 0 amide bonds. The molecule has 0 fully saturated rings. The van der Waals surface area contributed by atoms with E-state index in [1.165, 1.54) is 0 Å². The summed E-state index contributed by atoms with van der Waals surface area (Å²) in [6.45, 7) is 3.06. The van der Waals surface area contributed by atoms with Gasteiger partial charge < -0.3 is 15.0 Å². The molecule has 0 aliphatic rings. The molecule has 0 aromatic heterocycles. The fourth-order valence-corrected chi connectivity index (χ4v) is 0.551. The minimum Gasteiger partial charge on any atom is -0.541 e. The molecule has 2 N–H and O–H groups in total. The van der Waals surface area contributed by atoms with Crippen LogP contribution in [0.4, 0.5) is 0 Å². The molecule has 0 aliphatic heterocycles. The van der Waals surface area contributed by atoms with E-state index in [2.05, 4.69) is 0 Å². The van der Waals surface area contributed by atoms with Crippen LogP contribution in [0.25, 0.3) is 0 Å². The van der Waals surface area contributed by atoms with Crippen LogP contribution in [0.15, 0.2) is 0 Å². The van der Waals surface area contributed by atoms with E-state index >= 15 is 0 Å². The van der Waals surface area contributed by atoms with Gasteiger partial charge in [0.2, 0.25) is 0 Å². The van der Waals surface area contributed by atoms with Crippen molar-refractivity contribution in [3.63, 3.8) is 0 Å². The summed E-state index contributed by atoms with van der Waals surface area (Å²) in [5, 5.41) is 17.6. The quantitative estimate of drug-likeness (QED) is 0.666. The molecular formula is C7H13O3Y-. The summed E-state index contributed by atoms with van der Waals surface area (Å²) in [6, 6.07) is 0. The number of hydrogen-bond acceptors (Lipinski definition) is 3. The Morgan fingerprint density at radius 3 is 2.27 bits per heavy atom. The van der Waals surface area contributed by atoms with Gasteiger partial charge in [-0.25, -0.2) is 0 Å². The summed E-state index contributed by atoms with van der Waals surface area (Å²) in [6.07, 6.45) is 1.14. The Hall–Kier alpha value is 0.694. The summed E-state index contributed by atoms with van der Waals surface area (Å²) in [4.78, 5) is 10.2. The first-order valence-corrected chi connectivity index (χ1v) is 3.23. The van der Waals surface area contributed by atoms with Gasteiger partial charge in [0.1, 0.15) is 0 Å². The minimum atomic E-state index is -0.858. The van der Waals surface area contributed by atoms with Crippen LogP contribution in [0.5, 0.6) is 0 Å². The second kappa shape index (κ2) is 6.24. The van der Waals surface area contributed by atoms with Gasteiger partial charge in [-0.2, -0.15) is 0 Å². The maximum atomic E-state index is 10.2. The van der Waals surface area contributed by atoms with Crippen molar-refractivity contribution in [2.75, 3.05) is 6.61 Å². The van der Waals surface area contributed by atoms with Crippen LogP contribution in [-0.4, -0.2) is 29.2 Å². The number of carbonyl (C=O) groups excluding carboxylic acids is 1. The molecule has 0 bridgehead atoms.